The number of hydrogen-bond donors (Lipinski definition) is 0. The second-order valence-corrected chi connectivity index (χ2v) is 4.95. The molecule has 0 fully saturated rings. The minimum absolute atomic E-state index is 0.372. The van der Waals surface area contributed by atoms with Gasteiger partial charge in [0.05, 0.1) is 32.2 Å². The first-order chi connectivity index (χ1) is 10.8. The predicted octanol–water partition coefficient (Wildman–Crippen LogP) is 3.38. The molecular formula is C17H21NO4. The van der Waals surface area contributed by atoms with Crippen LogP contribution in [0.1, 0.15) is 24.4 Å². The molecule has 0 saturated carbocycles. The second kappa shape index (κ2) is 8.89. The molecule has 2 aromatic rings. The van der Waals surface area contributed by atoms with Crippen molar-refractivity contribution < 1.29 is 18.4 Å². The number of nitrogens with zero attached hydrogens (tertiary/aromatic N) is 1. The molecule has 5 nitrogen and oxygen atoms in total. The highest BCUT2D eigenvalue weighted by atomic mass is 16.5. The Morgan fingerprint density at radius 2 is 1.77 bits per heavy atom. The van der Waals surface area contributed by atoms with E-state index in [-0.39, 0.29) is 5.97 Å². The third-order valence-electron chi connectivity index (χ3n) is 3.20. The van der Waals surface area contributed by atoms with Gasteiger partial charge in [-0.1, -0.05) is 6.58 Å². The summed E-state index contributed by atoms with van der Waals surface area (Å²) < 4.78 is 15.8. The molecule has 0 radical (unpaired) electrons. The lowest BCUT2D eigenvalue weighted by molar-refractivity contribution is -0.137. The SMILES string of the molecule is C=CC(=O)OCCCCN(Cc1ccco1)Cc1ccco1. The van der Waals surface area contributed by atoms with Crippen molar-refractivity contribution in [2.45, 2.75) is 25.9 Å². The molecule has 0 aliphatic carbocycles. The normalized spacial score (nSPS) is 10.8. The van der Waals surface area contributed by atoms with Crippen molar-refractivity contribution in [3.8, 4) is 0 Å². The van der Waals surface area contributed by atoms with Crippen LogP contribution in [0.5, 0.6) is 0 Å². The van der Waals surface area contributed by atoms with Gasteiger partial charge < -0.3 is 13.6 Å². The first-order valence-corrected chi connectivity index (χ1v) is 7.34. The highest BCUT2D eigenvalue weighted by Crippen LogP contribution is 2.12. The van der Waals surface area contributed by atoms with Gasteiger partial charge in [-0.05, 0) is 43.7 Å². The lowest BCUT2D eigenvalue weighted by atomic mass is 10.2. The quantitative estimate of drug-likeness (QED) is 0.382. The number of ether oxygens (including phenoxy) is 1. The fourth-order valence-corrected chi connectivity index (χ4v) is 2.13. The smallest absolute Gasteiger partial charge is 0.330 e. The highest BCUT2D eigenvalue weighted by molar-refractivity contribution is 5.81. The van der Waals surface area contributed by atoms with Crippen LogP contribution in [0.25, 0.3) is 0 Å². The number of unbranched alkanes of at least 4 members (excludes halogenated alkanes) is 1. The third-order valence-corrected chi connectivity index (χ3v) is 3.20. The minimum atomic E-state index is -0.372. The molecule has 0 N–H and O–H groups in total. The maximum absolute atomic E-state index is 11.0. The highest BCUT2D eigenvalue weighted by Gasteiger charge is 2.10. The number of esters is 1. The summed E-state index contributed by atoms with van der Waals surface area (Å²) in [4.78, 5) is 13.2. The van der Waals surface area contributed by atoms with Crippen molar-refractivity contribution in [2.24, 2.45) is 0 Å². The fraction of sp³-hybridized carbons (Fsp3) is 0.353. The zero-order valence-corrected chi connectivity index (χ0v) is 12.6. The number of carbonyl (C=O) groups is 1. The summed E-state index contributed by atoms with van der Waals surface area (Å²) in [6.07, 6.45) is 6.27. The van der Waals surface area contributed by atoms with Crippen LogP contribution in [0.15, 0.2) is 58.3 Å². The number of furan rings is 2. The van der Waals surface area contributed by atoms with Gasteiger partial charge in [-0.3, -0.25) is 4.90 Å². The lowest BCUT2D eigenvalue weighted by Crippen LogP contribution is -2.24. The Labute approximate surface area is 130 Å². The number of rotatable bonds is 10. The van der Waals surface area contributed by atoms with E-state index in [0.29, 0.717) is 6.61 Å². The topological polar surface area (TPSA) is 55.8 Å². The molecule has 0 saturated heterocycles. The number of carbonyl (C=O) groups excluding carboxylic acids is 1. The molecule has 5 heteroatoms. The van der Waals surface area contributed by atoms with Crippen LogP contribution in [0.3, 0.4) is 0 Å². The van der Waals surface area contributed by atoms with E-state index in [1.165, 1.54) is 6.08 Å². The van der Waals surface area contributed by atoms with Crippen molar-refractivity contribution >= 4 is 5.97 Å². The molecule has 0 aromatic carbocycles. The summed E-state index contributed by atoms with van der Waals surface area (Å²) >= 11 is 0. The maximum atomic E-state index is 11.0. The average Bonchev–Trinajstić information content (AvgIpc) is 3.20. The molecular weight excluding hydrogens is 282 g/mol. The second-order valence-electron chi connectivity index (χ2n) is 4.95. The maximum Gasteiger partial charge on any atom is 0.330 e. The van der Waals surface area contributed by atoms with Crippen LogP contribution in [0.2, 0.25) is 0 Å². The molecule has 2 rings (SSSR count). The van der Waals surface area contributed by atoms with Crippen molar-refractivity contribution in [2.75, 3.05) is 13.2 Å². The van der Waals surface area contributed by atoms with Gasteiger partial charge in [0, 0.05) is 6.08 Å². The standard InChI is InChI=1S/C17H21NO4/c1-2-17(19)22-10-4-3-9-18(13-15-7-5-11-20-15)14-16-8-6-12-21-16/h2,5-8,11-12H,1,3-4,9-10,13-14H2. The number of hydrogen-bond acceptors (Lipinski definition) is 5. The first-order valence-electron chi connectivity index (χ1n) is 7.34. The first kappa shape index (κ1) is 16.1. The Balaban J connectivity index is 1.77. The van der Waals surface area contributed by atoms with Gasteiger partial charge in [-0.2, -0.15) is 0 Å². The lowest BCUT2D eigenvalue weighted by Gasteiger charge is -2.19. The molecule has 2 aromatic heterocycles. The molecule has 0 aliphatic rings. The Morgan fingerprint density at radius 3 is 2.27 bits per heavy atom. The van der Waals surface area contributed by atoms with Crippen molar-refractivity contribution in [3.05, 3.63) is 61.0 Å². The van der Waals surface area contributed by atoms with E-state index in [1.807, 2.05) is 24.3 Å². The van der Waals surface area contributed by atoms with Gasteiger partial charge in [0.1, 0.15) is 11.5 Å². The van der Waals surface area contributed by atoms with E-state index in [1.54, 1.807) is 12.5 Å². The Kier molecular flexibility index (Phi) is 6.51. The van der Waals surface area contributed by atoms with Crippen LogP contribution in [0.4, 0.5) is 0 Å². The summed E-state index contributed by atoms with van der Waals surface area (Å²) in [6, 6.07) is 7.69. The molecule has 0 bridgehead atoms. The van der Waals surface area contributed by atoms with Crippen LogP contribution >= 0.6 is 0 Å². The van der Waals surface area contributed by atoms with Crippen LogP contribution in [-0.2, 0) is 22.6 Å². The summed E-state index contributed by atoms with van der Waals surface area (Å²) in [6.45, 7) is 6.10. The third kappa shape index (κ3) is 5.61. The van der Waals surface area contributed by atoms with E-state index in [2.05, 4.69) is 11.5 Å². The summed E-state index contributed by atoms with van der Waals surface area (Å²) in [5.74, 6) is 1.47. The predicted molar refractivity (Wildman–Crippen MR) is 81.9 cm³/mol. The Hall–Kier alpha value is -2.27. The van der Waals surface area contributed by atoms with Gasteiger partial charge in [0.15, 0.2) is 0 Å². The van der Waals surface area contributed by atoms with Crippen molar-refractivity contribution in [1.29, 1.82) is 0 Å². The molecule has 0 unspecified atom stereocenters. The van der Waals surface area contributed by atoms with Gasteiger partial charge in [0.2, 0.25) is 0 Å². The van der Waals surface area contributed by atoms with E-state index in [9.17, 15) is 4.79 Å². The molecule has 2 heterocycles. The summed E-state index contributed by atoms with van der Waals surface area (Å²) in [5, 5.41) is 0. The molecule has 118 valence electrons. The molecule has 0 aliphatic heterocycles. The van der Waals surface area contributed by atoms with Crippen molar-refractivity contribution in [1.82, 2.24) is 4.90 Å². The Morgan fingerprint density at radius 1 is 1.14 bits per heavy atom. The molecule has 0 atom stereocenters. The van der Waals surface area contributed by atoms with E-state index in [4.69, 9.17) is 13.6 Å². The van der Waals surface area contributed by atoms with Crippen LogP contribution in [-0.4, -0.2) is 24.0 Å². The van der Waals surface area contributed by atoms with Crippen molar-refractivity contribution in [3.63, 3.8) is 0 Å². The summed E-state index contributed by atoms with van der Waals surface area (Å²) in [5.41, 5.74) is 0. The zero-order valence-electron chi connectivity index (χ0n) is 12.6. The Bertz CT molecular complexity index is 509. The molecule has 0 spiro atoms. The van der Waals surface area contributed by atoms with Gasteiger partial charge in [0.25, 0.3) is 0 Å². The van der Waals surface area contributed by atoms with Gasteiger partial charge in [-0.15, -0.1) is 0 Å². The van der Waals surface area contributed by atoms with Gasteiger partial charge in [-0.25, -0.2) is 4.79 Å². The zero-order chi connectivity index (χ0) is 15.6. The minimum Gasteiger partial charge on any atom is -0.468 e. The molecule has 22 heavy (non-hydrogen) atoms. The monoisotopic (exact) mass is 303 g/mol. The average molecular weight is 303 g/mol. The van der Waals surface area contributed by atoms with E-state index < -0.39 is 0 Å². The van der Waals surface area contributed by atoms with Crippen LogP contribution in [0, 0.1) is 0 Å². The van der Waals surface area contributed by atoms with E-state index in [0.717, 1.165) is 44.0 Å². The van der Waals surface area contributed by atoms with Crippen LogP contribution < -0.4 is 0 Å². The fourth-order valence-electron chi connectivity index (χ4n) is 2.13. The molecule has 0 amide bonds. The summed E-state index contributed by atoms with van der Waals surface area (Å²) in [7, 11) is 0. The largest absolute Gasteiger partial charge is 0.468 e. The van der Waals surface area contributed by atoms with E-state index >= 15 is 0 Å². The van der Waals surface area contributed by atoms with Gasteiger partial charge >= 0.3 is 5.97 Å².